The average molecular weight is 249 g/mol. The molecular weight excluding hydrogens is 226 g/mol. The molecule has 3 heteroatoms. The van der Waals surface area contributed by atoms with Crippen molar-refractivity contribution in [1.82, 2.24) is 5.32 Å². The third-order valence-electron chi connectivity index (χ3n) is 4.12. The van der Waals surface area contributed by atoms with E-state index >= 15 is 0 Å². The smallest absolute Gasteiger partial charge is 0.127 e. The molecule has 1 aromatic rings. The van der Waals surface area contributed by atoms with Gasteiger partial charge in [0.05, 0.1) is 18.2 Å². The van der Waals surface area contributed by atoms with Crippen molar-refractivity contribution in [2.24, 2.45) is 0 Å². The van der Waals surface area contributed by atoms with E-state index in [1.165, 1.54) is 11.1 Å². The summed E-state index contributed by atoms with van der Waals surface area (Å²) in [4.78, 5) is 0. The van der Waals surface area contributed by atoms with Gasteiger partial charge in [0.15, 0.2) is 0 Å². The van der Waals surface area contributed by atoms with Crippen molar-refractivity contribution in [3.05, 3.63) is 29.3 Å². The molecule has 1 aliphatic heterocycles. The van der Waals surface area contributed by atoms with Crippen molar-refractivity contribution in [3.63, 3.8) is 0 Å². The van der Waals surface area contributed by atoms with Crippen LogP contribution in [0.2, 0.25) is 0 Å². The van der Waals surface area contributed by atoms with E-state index in [4.69, 9.17) is 9.47 Å². The third kappa shape index (κ3) is 2.13. The summed E-state index contributed by atoms with van der Waals surface area (Å²) in [5, 5.41) is 3.39. The molecule has 1 aliphatic rings. The van der Waals surface area contributed by atoms with E-state index in [1.807, 2.05) is 7.05 Å². The number of ether oxygens (including phenoxy) is 2. The summed E-state index contributed by atoms with van der Waals surface area (Å²) in [6.45, 7) is 5.08. The van der Waals surface area contributed by atoms with E-state index < -0.39 is 0 Å². The summed E-state index contributed by atoms with van der Waals surface area (Å²) in [5.74, 6) is 1.05. The Hall–Kier alpha value is -1.06. The van der Waals surface area contributed by atoms with Gasteiger partial charge in [-0.1, -0.05) is 25.1 Å². The zero-order valence-corrected chi connectivity index (χ0v) is 11.7. The van der Waals surface area contributed by atoms with Crippen LogP contribution in [-0.4, -0.2) is 26.4 Å². The highest BCUT2D eigenvalue weighted by atomic mass is 16.5. The molecule has 2 unspecified atom stereocenters. The molecule has 0 saturated carbocycles. The lowest BCUT2D eigenvalue weighted by atomic mass is 9.86. The highest BCUT2D eigenvalue weighted by Gasteiger charge is 2.35. The molecule has 3 nitrogen and oxygen atoms in total. The maximum atomic E-state index is 5.80. The van der Waals surface area contributed by atoms with Crippen molar-refractivity contribution < 1.29 is 9.47 Å². The minimum atomic E-state index is -0.226. The standard InChI is InChI=1S/C15H23NO2/c1-5-15(2,17-4)14(16-3)12-8-6-7-11-9-10-18-13(11)12/h6-8,14,16H,5,9-10H2,1-4H3. The molecule has 1 heterocycles. The summed E-state index contributed by atoms with van der Waals surface area (Å²) in [5.41, 5.74) is 2.29. The van der Waals surface area contributed by atoms with Crippen LogP contribution >= 0.6 is 0 Å². The van der Waals surface area contributed by atoms with Crippen LogP contribution in [0.5, 0.6) is 5.75 Å². The quantitative estimate of drug-likeness (QED) is 0.870. The van der Waals surface area contributed by atoms with Gasteiger partial charge in [0.2, 0.25) is 0 Å². The van der Waals surface area contributed by atoms with Crippen LogP contribution < -0.4 is 10.1 Å². The second kappa shape index (κ2) is 5.29. The van der Waals surface area contributed by atoms with Crippen LogP contribution in [0.1, 0.15) is 37.4 Å². The second-order valence-corrected chi connectivity index (χ2v) is 5.03. The van der Waals surface area contributed by atoms with Gasteiger partial charge in [-0.05, 0) is 26.0 Å². The first kappa shape index (κ1) is 13.4. The molecule has 1 aromatic carbocycles. The Morgan fingerprint density at radius 3 is 2.89 bits per heavy atom. The fourth-order valence-electron chi connectivity index (χ4n) is 2.72. The van der Waals surface area contributed by atoms with Crippen molar-refractivity contribution in [2.75, 3.05) is 20.8 Å². The number of nitrogens with one attached hydrogen (secondary N) is 1. The normalized spacial score (nSPS) is 18.9. The van der Waals surface area contributed by atoms with Crippen LogP contribution in [0.4, 0.5) is 0 Å². The number of rotatable bonds is 5. The van der Waals surface area contributed by atoms with Crippen molar-refractivity contribution in [3.8, 4) is 5.75 Å². The molecule has 1 N–H and O–H groups in total. The van der Waals surface area contributed by atoms with Crippen molar-refractivity contribution >= 4 is 0 Å². The summed E-state index contributed by atoms with van der Waals surface area (Å²) >= 11 is 0. The van der Waals surface area contributed by atoms with Gasteiger partial charge in [0.1, 0.15) is 5.75 Å². The molecule has 100 valence electrons. The Labute approximate surface area is 109 Å². The number of hydrogen-bond donors (Lipinski definition) is 1. The highest BCUT2D eigenvalue weighted by Crippen LogP contribution is 2.39. The number of likely N-dealkylation sites (N-methyl/N-ethyl adjacent to an activating group) is 1. The molecule has 0 fully saturated rings. The lowest BCUT2D eigenvalue weighted by molar-refractivity contribution is -0.0285. The summed E-state index contributed by atoms with van der Waals surface area (Å²) in [7, 11) is 3.75. The molecule has 0 saturated heterocycles. The number of benzene rings is 1. The third-order valence-corrected chi connectivity index (χ3v) is 4.12. The topological polar surface area (TPSA) is 30.5 Å². The summed E-state index contributed by atoms with van der Waals surface area (Å²) in [6.07, 6.45) is 1.95. The fraction of sp³-hybridized carbons (Fsp3) is 0.600. The predicted octanol–water partition coefficient (Wildman–Crippen LogP) is 2.70. The Bertz CT molecular complexity index is 413. The number of hydrogen-bond acceptors (Lipinski definition) is 3. The van der Waals surface area contributed by atoms with Crippen LogP contribution in [0, 0.1) is 0 Å². The van der Waals surface area contributed by atoms with Gasteiger partial charge in [0.25, 0.3) is 0 Å². The fourth-order valence-corrected chi connectivity index (χ4v) is 2.72. The van der Waals surface area contributed by atoms with E-state index in [0.29, 0.717) is 0 Å². The zero-order chi connectivity index (χ0) is 13.2. The lowest BCUT2D eigenvalue weighted by Gasteiger charge is -2.36. The molecule has 0 radical (unpaired) electrons. The lowest BCUT2D eigenvalue weighted by Crippen LogP contribution is -2.41. The molecule has 18 heavy (non-hydrogen) atoms. The van der Waals surface area contributed by atoms with Crippen LogP contribution in [0.15, 0.2) is 18.2 Å². The minimum absolute atomic E-state index is 0.139. The number of para-hydroxylation sites is 1. The Morgan fingerprint density at radius 2 is 2.28 bits per heavy atom. The van der Waals surface area contributed by atoms with Gasteiger partial charge in [-0.15, -0.1) is 0 Å². The molecule has 0 amide bonds. The zero-order valence-electron chi connectivity index (χ0n) is 11.7. The molecule has 0 aliphatic carbocycles. The monoisotopic (exact) mass is 249 g/mol. The summed E-state index contributed by atoms with van der Waals surface area (Å²) in [6, 6.07) is 6.53. The molecular formula is C15H23NO2. The van der Waals surface area contributed by atoms with Crippen molar-refractivity contribution in [1.29, 1.82) is 0 Å². The SMILES string of the molecule is CCC(C)(OC)C(NC)c1cccc2c1OCC2. The van der Waals surface area contributed by atoms with Gasteiger partial charge in [-0.25, -0.2) is 0 Å². The molecule has 0 spiro atoms. The van der Waals surface area contributed by atoms with Gasteiger partial charge in [-0.2, -0.15) is 0 Å². The van der Waals surface area contributed by atoms with E-state index in [0.717, 1.165) is 25.2 Å². The molecule has 2 rings (SSSR count). The maximum Gasteiger partial charge on any atom is 0.127 e. The number of methoxy groups -OCH3 is 1. The van der Waals surface area contributed by atoms with Crippen molar-refractivity contribution in [2.45, 2.75) is 38.3 Å². The first-order valence-corrected chi connectivity index (χ1v) is 6.63. The van der Waals surface area contributed by atoms with E-state index in [2.05, 4.69) is 37.4 Å². The second-order valence-electron chi connectivity index (χ2n) is 5.03. The predicted molar refractivity (Wildman–Crippen MR) is 73.1 cm³/mol. The van der Waals surface area contributed by atoms with Crippen LogP contribution in [0.25, 0.3) is 0 Å². The van der Waals surface area contributed by atoms with Gasteiger partial charge < -0.3 is 14.8 Å². The van der Waals surface area contributed by atoms with Gasteiger partial charge in [-0.3, -0.25) is 0 Å². The molecule has 0 bridgehead atoms. The van der Waals surface area contributed by atoms with E-state index in [-0.39, 0.29) is 11.6 Å². The van der Waals surface area contributed by atoms with Gasteiger partial charge >= 0.3 is 0 Å². The van der Waals surface area contributed by atoms with Crippen LogP contribution in [0.3, 0.4) is 0 Å². The molecule has 0 aromatic heterocycles. The first-order chi connectivity index (χ1) is 8.66. The number of fused-ring (bicyclic) bond motifs is 1. The minimum Gasteiger partial charge on any atom is -0.493 e. The molecule has 2 atom stereocenters. The van der Waals surface area contributed by atoms with E-state index in [1.54, 1.807) is 7.11 Å². The first-order valence-electron chi connectivity index (χ1n) is 6.63. The Balaban J connectivity index is 2.43. The highest BCUT2D eigenvalue weighted by molar-refractivity contribution is 5.46. The van der Waals surface area contributed by atoms with Gasteiger partial charge in [0, 0.05) is 19.1 Å². The Kier molecular flexibility index (Phi) is 3.93. The maximum absolute atomic E-state index is 5.80. The Morgan fingerprint density at radius 1 is 1.50 bits per heavy atom. The largest absolute Gasteiger partial charge is 0.493 e. The summed E-state index contributed by atoms with van der Waals surface area (Å²) < 4.78 is 11.5. The van der Waals surface area contributed by atoms with E-state index in [9.17, 15) is 0 Å². The van der Waals surface area contributed by atoms with Crippen LogP contribution in [-0.2, 0) is 11.2 Å². The average Bonchev–Trinajstić information content (AvgIpc) is 2.88.